The van der Waals surface area contributed by atoms with Crippen LogP contribution in [0.1, 0.15) is 45.4 Å². The molecule has 4 aliphatic carbocycles. The van der Waals surface area contributed by atoms with Crippen molar-refractivity contribution in [3.05, 3.63) is 24.3 Å². The molecule has 0 heterocycles. The Morgan fingerprint density at radius 3 is 2.29 bits per heavy atom. The van der Waals surface area contributed by atoms with E-state index in [4.69, 9.17) is 14.2 Å². The van der Waals surface area contributed by atoms with Gasteiger partial charge in [0.15, 0.2) is 0 Å². The standard InChI is InChI=1S/C22H29NO5/c1-15(24)23-22-12-16-9-17(13-22)11-21(10-16,14-22)20(25)28-8-7-27-19-5-3-18(26-2)4-6-19/h3-6,16-17H,7-14H2,1-2H3,(H,23,24)/t16-,17+,21?,22?. The van der Waals surface area contributed by atoms with Crippen LogP contribution in [0.2, 0.25) is 0 Å². The van der Waals surface area contributed by atoms with E-state index in [9.17, 15) is 9.59 Å². The first-order valence-electron chi connectivity index (χ1n) is 10.1. The van der Waals surface area contributed by atoms with Crippen molar-refractivity contribution in [3.63, 3.8) is 0 Å². The summed E-state index contributed by atoms with van der Waals surface area (Å²) < 4.78 is 16.4. The predicted octanol–water partition coefficient (Wildman–Crippen LogP) is 3.09. The lowest BCUT2D eigenvalue weighted by Gasteiger charge is -2.60. The van der Waals surface area contributed by atoms with Crippen molar-refractivity contribution in [2.45, 2.75) is 51.0 Å². The quantitative estimate of drug-likeness (QED) is 0.575. The third kappa shape index (κ3) is 3.69. The zero-order valence-electron chi connectivity index (χ0n) is 16.7. The number of esters is 1. The van der Waals surface area contributed by atoms with Crippen molar-refractivity contribution in [1.29, 1.82) is 0 Å². The molecular weight excluding hydrogens is 358 g/mol. The fourth-order valence-corrected chi connectivity index (χ4v) is 6.14. The first-order valence-corrected chi connectivity index (χ1v) is 10.1. The van der Waals surface area contributed by atoms with Gasteiger partial charge in [-0.15, -0.1) is 0 Å². The molecule has 0 aromatic heterocycles. The smallest absolute Gasteiger partial charge is 0.312 e. The zero-order valence-corrected chi connectivity index (χ0v) is 16.7. The third-order valence-corrected chi connectivity index (χ3v) is 6.58. The first-order chi connectivity index (χ1) is 13.4. The van der Waals surface area contributed by atoms with E-state index in [0.29, 0.717) is 24.9 Å². The fourth-order valence-electron chi connectivity index (χ4n) is 6.14. The number of hydrogen-bond donors (Lipinski definition) is 1. The van der Waals surface area contributed by atoms with Crippen LogP contribution in [0, 0.1) is 17.3 Å². The molecule has 6 nitrogen and oxygen atoms in total. The Balaban J connectivity index is 1.33. The lowest BCUT2D eigenvalue weighted by Crippen LogP contribution is -2.64. The Hall–Kier alpha value is -2.24. The average molecular weight is 387 g/mol. The number of carbonyl (C=O) groups excluding carboxylic acids is 2. The van der Waals surface area contributed by atoms with Crippen molar-refractivity contribution < 1.29 is 23.8 Å². The molecule has 1 aromatic carbocycles. The van der Waals surface area contributed by atoms with Gasteiger partial charge in [0.2, 0.25) is 5.91 Å². The SMILES string of the molecule is COc1ccc(OCCOC(=O)C23C[C@@H]4C[C@@H](CC(NC(C)=O)(C4)C2)C3)cc1. The summed E-state index contributed by atoms with van der Waals surface area (Å²) in [5, 5.41) is 3.18. The van der Waals surface area contributed by atoms with Gasteiger partial charge in [-0.1, -0.05) is 0 Å². The number of methoxy groups -OCH3 is 1. The summed E-state index contributed by atoms with van der Waals surface area (Å²) in [6, 6.07) is 7.32. The molecule has 6 heteroatoms. The number of amides is 1. The molecule has 0 spiro atoms. The normalized spacial score (nSPS) is 32.6. The Kier molecular flexibility index (Phi) is 4.98. The molecule has 0 saturated heterocycles. The maximum atomic E-state index is 13.0. The number of rotatable bonds is 7. The predicted molar refractivity (Wildman–Crippen MR) is 103 cm³/mol. The fraction of sp³-hybridized carbons (Fsp3) is 0.636. The van der Waals surface area contributed by atoms with Gasteiger partial charge < -0.3 is 19.5 Å². The van der Waals surface area contributed by atoms with Crippen LogP contribution >= 0.6 is 0 Å². The maximum absolute atomic E-state index is 13.0. The molecule has 1 amide bonds. The molecule has 4 saturated carbocycles. The minimum Gasteiger partial charge on any atom is -0.497 e. The molecule has 4 aliphatic rings. The van der Waals surface area contributed by atoms with Gasteiger partial charge in [0.05, 0.1) is 12.5 Å². The number of nitrogens with one attached hydrogen (secondary N) is 1. The highest BCUT2D eigenvalue weighted by Gasteiger charge is 2.61. The average Bonchev–Trinajstić information content (AvgIpc) is 2.63. The minimum atomic E-state index is -0.438. The monoisotopic (exact) mass is 387 g/mol. The van der Waals surface area contributed by atoms with E-state index in [-0.39, 0.29) is 24.0 Å². The van der Waals surface area contributed by atoms with Crippen LogP contribution in [-0.4, -0.2) is 37.7 Å². The molecule has 4 fully saturated rings. The number of carbonyl (C=O) groups is 2. The summed E-state index contributed by atoms with van der Waals surface area (Å²) in [4.78, 5) is 24.7. The minimum absolute atomic E-state index is 0.00152. The second kappa shape index (κ2) is 7.30. The molecule has 28 heavy (non-hydrogen) atoms. The van der Waals surface area contributed by atoms with Crippen LogP contribution in [0.4, 0.5) is 0 Å². The lowest BCUT2D eigenvalue weighted by molar-refractivity contribution is -0.176. The van der Waals surface area contributed by atoms with Gasteiger partial charge >= 0.3 is 5.97 Å². The molecule has 4 atom stereocenters. The van der Waals surface area contributed by atoms with Crippen LogP contribution < -0.4 is 14.8 Å². The maximum Gasteiger partial charge on any atom is 0.312 e. The van der Waals surface area contributed by atoms with Gasteiger partial charge in [0, 0.05) is 12.5 Å². The topological polar surface area (TPSA) is 73.9 Å². The Morgan fingerprint density at radius 2 is 1.68 bits per heavy atom. The van der Waals surface area contributed by atoms with E-state index < -0.39 is 5.41 Å². The Bertz CT molecular complexity index is 730. The highest BCUT2D eigenvalue weighted by Crippen LogP contribution is 2.62. The van der Waals surface area contributed by atoms with Gasteiger partial charge in [0.25, 0.3) is 0 Å². The second-order valence-electron chi connectivity index (χ2n) is 8.86. The van der Waals surface area contributed by atoms with Gasteiger partial charge in [-0.25, -0.2) is 0 Å². The van der Waals surface area contributed by atoms with Crippen molar-refractivity contribution in [2.24, 2.45) is 17.3 Å². The summed E-state index contributed by atoms with van der Waals surface area (Å²) >= 11 is 0. The molecular formula is C22H29NO5. The molecule has 0 radical (unpaired) electrons. The Labute approximate surface area is 165 Å². The van der Waals surface area contributed by atoms with E-state index in [1.807, 2.05) is 24.3 Å². The molecule has 152 valence electrons. The van der Waals surface area contributed by atoms with Gasteiger partial charge in [-0.2, -0.15) is 0 Å². The van der Waals surface area contributed by atoms with E-state index in [0.717, 1.165) is 37.2 Å². The van der Waals surface area contributed by atoms with Crippen molar-refractivity contribution in [1.82, 2.24) is 5.32 Å². The summed E-state index contributed by atoms with van der Waals surface area (Å²) in [5.41, 5.74) is -0.652. The molecule has 4 bridgehead atoms. The first kappa shape index (κ1) is 19.1. The molecule has 1 N–H and O–H groups in total. The third-order valence-electron chi connectivity index (χ3n) is 6.58. The second-order valence-corrected chi connectivity index (χ2v) is 8.86. The summed E-state index contributed by atoms with van der Waals surface area (Å²) in [6.45, 7) is 2.12. The van der Waals surface area contributed by atoms with Crippen LogP contribution in [0.15, 0.2) is 24.3 Å². The number of hydrogen-bond acceptors (Lipinski definition) is 5. The van der Waals surface area contributed by atoms with Crippen molar-refractivity contribution in [3.8, 4) is 11.5 Å². The molecule has 1 aromatic rings. The van der Waals surface area contributed by atoms with Gasteiger partial charge in [0.1, 0.15) is 24.7 Å². The van der Waals surface area contributed by atoms with Crippen molar-refractivity contribution in [2.75, 3.05) is 20.3 Å². The Morgan fingerprint density at radius 1 is 1.04 bits per heavy atom. The largest absolute Gasteiger partial charge is 0.497 e. The van der Waals surface area contributed by atoms with Crippen LogP contribution in [0.3, 0.4) is 0 Å². The zero-order chi connectivity index (χ0) is 19.8. The molecule has 2 unspecified atom stereocenters. The number of benzene rings is 1. The summed E-state index contributed by atoms with van der Waals surface area (Å²) in [7, 11) is 1.62. The summed E-state index contributed by atoms with van der Waals surface area (Å²) in [6.07, 6.45) is 5.67. The van der Waals surface area contributed by atoms with Crippen LogP contribution in [0.25, 0.3) is 0 Å². The highest BCUT2D eigenvalue weighted by atomic mass is 16.6. The van der Waals surface area contributed by atoms with Gasteiger partial charge in [-0.3, -0.25) is 9.59 Å². The van der Waals surface area contributed by atoms with Crippen molar-refractivity contribution >= 4 is 11.9 Å². The lowest BCUT2D eigenvalue weighted by atomic mass is 9.47. The molecule has 0 aliphatic heterocycles. The highest BCUT2D eigenvalue weighted by molar-refractivity contribution is 5.79. The van der Waals surface area contributed by atoms with E-state index in [2.05, 4.69) is 5.32 Å². The number of ether oxygens (including phenoxy) is 3. The van der Waals surface area contributed by atoms with E-state index in [1.165, 1.54) is 6.42 Å². The van der Waals surface area contributed by atoms with Gasteiger partial charge in [-0.05, 0) is 74.6 Å². The van der Waals surface area contributed by atoms with Crippen LogP contribution in [-0.2, 0) is 14.3 Å². The van der Waals surface area contributed by atoms with E-state index >= 15 is 0 Å². The summed E-state index contributed by atoms with van der Waals surface area (Å²) in [5.74, 6) is 2.39. The molecule has 5 rings (SSSR count). The van der Waals surface area contributed by atoms with E-state index in [1.54, 1.807) is 14.0 Å². The van der Waals surface area contributed by atoms with Crippen LogP contribution in [0.5, 0.6) is 11.5 Å².